The number of thiol groups is 1. The first-order chi connectivity index (χ1) is 7.17. The lowest BCUT2D eigenvalue weighted by molar-refractivity contribution is -0.140. The quantitative estimate of drug-likeness (QED) is 0.607. The molecule has 15 heavy (non-hydrogen) atoms. The van der Waals surface area contributed by atoms with Crippen LogP contribution in [-0.4, -0.2) is 24.9 Å². The molecule has 0 heterocycles. The molecule has 4 heteroatoms. The number of hydrogen-bond donors (Lipinski definition) is 2. The fraction of sp³-hybridized carbons (Fsp3) is 0.364. The van der Waals surface area contributed by atoms with Crippen LogP contribution < -0.4 is 5.32 Å². The maximum absolute atomic E-state index is 11.3. The second-order valence-electron chi connectivity index (χ2n) is 3.27. The maximum atomic E-state index is 11.3. The van der Waals surface area contributed by atoms with Gasteiger partial charge in [-0.25, -0.2) is 4.79 Å². The third-order valence-corrected chi connectivity index (χ3v) is 2.43. The van der Waals surface area contributed by atoms with Gasteiger partial charge in [-0.15, -0.1) is 0 Å². The highest BCUT2D eigenvalue weighted by Crippen LogP contribution is 2.11. The second-order valence-corrected chi connectivity index (χ2v) is 3.63. The van der Waals surface area contributed by atoms with Gasteiger partial charge in [-0.3, -0.25) is 0 Å². The molecule has 0 aliphatic heterocycles. The summed E-state index contributed by atoms with van der Waals surface area (Å²) in [6, 6.07) is 7.41. The number of aryl methyl sites for hydroxylation is 1. The number of anilines is 1. The van der Waals surface area contributed by atoms with Crippen molar-refractivity contribution in [1.29, 1.82) is 0 Å². The van der Waals surface area contributed by atoms with Gasteiger partial charge < -0.3 is 10.1 Å². The number of esters is 1. The SMILES string of the molecule is COC(=O)[C@@H](CS)Nc1ccc(C)cc1. The highest BCUT2D eigenvalue weighted by Gasteiger charge is 2.16. The predicted octanol–water partition coefficient (Wildman–Crippen LogP) is 1.88. The van der Waals surface area contributed by atoms with Crippen molar-refractivity contribution >= 4 is 24.3 Å². The fourth-order valence-electron chi connectivity index (χ4n) is 1.17. The summed E-state index contributed by atoms with van der Waals surface area (Å²) in [4.78, 5) is 11.3. The van der Waals surface area contributed by atoms with Crippen LogP contribution in [0.1, 0.15) is 5.56 Å². The number of carbonyl (C=O) groups excluding carboxylic acids is 1. The first kappa shape index (κ1) is 11.9. The summed E-state index contributed by atoms with van der Waals surface area (Å²) in [6.45, 7) is 2.01. The average Bonchev–Trinajstić information content (AvgIpc) is 2.27. The van der Waals surface area contributed by atoms with Crippen LogP contribution in [0.2, 0.25) is 0 Å². The van der Waals surface area contributed by atoms with E-state index in [-0.39, 0.29) is 5.97 Å². The molecule has 0 fully saturated rings. The monoisotopic (exact) mass is 225 g/mol. The largest absolute Gasteiger partial charge is 0.467 e. The Morgan fingerprint density at radius 1 is 1.47 bits per heavy atom. The molecule has 0 radical (unpaired) electrons. The van der Waals surface area contributed by atoms with Gasteiger partial charge in [0.25, 0.3) is 0 Å². The van der Waals surface area contributed by atoms with E-state index in [9.17, 15) is 4.79 Å². The van der Waals surface area contributed by atoms with E-state index in [2.05, 4.69) is 22.7 Å². The van der Waals surface area contributed by atoms with Crippen molar-refractivity contribution in [2.75, 3.05) is 18.2 Å². The lowest BCUT2D eigenvalue weighted by Crippen LogP contribution is -2.32. The van der Waals surface area contributed by atoms with Crippen molar-refractivity contribution in [2.24, 2.45) is 0 Å². The van der Waals surface area contributed by atoms with Crippen molar-refractivity contribution in [2.45, 2.75) is 13.0 Å². The first-order valence-corrected chi connectivity index (χ1v) is 5.32. The van der Waals surface area contributed by atoms with Crippen LogP contribution in [-0.2, 0) is 9.53 Å². The molecule has 0 aliphatic carbocycles. The van der Waals surface area contributed by atoms with Crippen LogP contribution in [0.4, 0.5) is 5.69 Å². The Balaban J connectivity index is 2.66. The molecule has 1 aromatic carbocycles. The third-order valence-electron chi connectivity index (χ3n) is 2.06. The molecule has 0 amide bonds. The average molecular weight is 225 g/mol. The van der Waals surface area contributed by atoms with Crippen molar-refractivity contribution in [3.05, 3.63) is 29.8 Å². The van der Waals surface area contributed by atoms with Gasteiger partial charge in [0.05, 0.1) is 7.11 Å². The van der Waals surface area contributed by atoms with Gasteiger partial charge in [0, 0.05) is 11.4 Å². The highest BCUT2D eigenvalue weighted by molar-refractivity contribution is 7.80. The molecule has 1 rings (SSSR count). The molecule has 0 aliphatic rings. The van der Waals surface area contributed by atoms with E-state index in [1.165, 1.54) is 12.7 Å². The summed E-state index contributed by atoms with van der Waals surface area (Å²) in [6.07, 6.45) is 0. The standard InChI is InChI=1S/C11H15NO2S/c1-8-3-5-9(6-4-8)12-10(7-15)11(13)14-2/h3-6,10,12,15H,7H2,1-2H3/t10-/m1/s1. The number of hydrogen-bond acceptors (Lipinski definition) is 4. The smallest absolute Gasteiger partial charge is 0.329 e. The number of rotatable bonds is 4. The van der Waals surface area contributed by atoms with Crippen LogP contribution >= 0.6 is 12.6 Å². The van der Waals surface area contributed by atoms with Crippen LogP contribution in [0.5, 0.6) is 0 Å². The Morgan fingerprint density at radius 2 is 2.07 bits per heavy atom. The van der Waals surface area contributed by atoms with E-state index in [0.29, 0.717) is 5.75 Å². The van der Waals surface area contributed by atoms with Crippen LogP contribution in [0, 0.1) is 6.92 Å². The van der Waals surface area contributed by atoms with E-state index in [1.54, 1.807) is 0 Å². The molecule has 82 valence electrons. The first-order valence-electron chi connectivity index (χ1n) is 4.69. The minimum atomic E-state index is -0.402. The zero-order chi connectivity index (χ0) is 11.3. The number of carbonyl (C=O) groups is 1. The zero-order valence-corrected chi connectivity index (χ0v) is 9.75. The van der Waals surface area contributed by atoms with Gasteiger partial charge in [-0.2, -0.15) is 12.6 Å². The molecule has 1 atom stereocenters. The van der Waals surface area contributed by atoms with Gasteiger partial charge in [-0.1, -0.05) is 17.7 Å². The van der Waals surface area contributed by atoms with Crippen LogP contribution in [0.3, 0.4) is 0 Å². The molecule has 0 aromatic heterocycles. The van der Waals surface area contributed by atoms with E-state index in [0.717, 1.165) is 5.69 Å². The summed E-state index contributed by atoms with van der Waals surface area (Å²) >= 11 is 4.10. The molecule has 0 unspecified atom stereocenters. The van der Waals surface area contributed by atoms with Gasteiger partial charge >= 0.3 is 5.97 Å². The molecule has 0 saturated heterocycles. The summed E-state index contributed by atoms with van der Waals surface area (Å²) in [5.74, 6) is 0.103. The lowest BCUT2D eigenvalue weighted by Gasteiger charge is -2.15. The summed E-state index contributed by atoms with van der Waals surface area (Å²) in [5.41, 5.74) is 2.08. The van der Waals surface area contributed by atoms with E-state index in [1.807, 2.05) is 31.2 Å². The second kappa shape index (κ2) is 5.66. The normalized spacial score (nSPS) is 11.9. The molecule has 0 bridgehead atoms. The van der Waals surface area contributed by atoms with Gasteiger partial charge in [0.2, 0.25) is 0 Å². The van der Waals surface area contributed by atoms with Gasteiger partial charge in [0.1, 0.15) is 6.04 Å². The minimum Gasteiger partial charge on any atom is -0.467 e. The van der Waals surface area contributed by atoms with Crippen molar-refractivity contribution in [3.8, 4) is 0 Å². The summed E-state index contributed by atoms with van der Waals surface area (Å²) in [7, 11) is 1.37. The van der Waals surface area contributed by atoms with E-state index in [4.69, 9.17) is 0 Å². The van der Waals surface area contributed by atoms with E-state index < -0.39 is 6.04 Å². The number of methoxy groups -OCH3 is 1. The van der Waals surface area contributed by atoms with Gasteiger partial charge in [-0.05, 0) is 19.1 Å². The van der Waals surface area contributed by atoms with E-state index >= 15 is 0 Å². The molecule has 3 nitrogen and oxygen atoms in total. The van der Waals surface area contributed by atoms with Crippen molar-refractivity contribution < 1.29 is 9.53 Å². The highest BCUT2D eigenvalue weighted by atomic mass is 32.1. The number of ether oxygens (including phenoxy) is 1. The lowest BCUT2D eigenvalue weighted by atomic mass is 10.2. The summed E-state index contributed by atoms with van der Waals surface area (Å²) < 4.78 is 4.65. The molecule has 0 spiro atoms. The Morgan fingerprint density at radius 3 is 2.53 bits per heavy atom. The zero-order valence-electron chi connectivity index (χ0n) is 8.86. The predicted molar refractivity (Wildman–Crippen MR) is 64.5 cm³/mol. The van der Waals surface area contributed by atoms with Crippen molar-refractivity contribution in [1.82, 2.24) is 0 Å². The van der Waals surface area contributed by atoms with Crippen molar-refractivity contribution in [3.63, 3.8) is 0 Å². The molecule has 1 aromatic rings. The number of nitrogens with one attached hydrogen (secondary N) is 1. The number of benzene rings is 1. The Labute approximate surface area is 95.2 Å². The minimum absolute atomic E-state index is 0.300. The Bertz CT molecular complexity index is 324. The fourth-order valence-corrected chi connectivity index (χ4v) is 1.41. The Kier molecular flexibility index (Phi) is 4.49. The molecule has 0 saturated carbocycles. The maximum Gasteiger partial charge on any atom is 0.329 e. The molecule has 1 N–H and O–H groups in total. The molecular formula is C11H15NO2S. The summed E-state index contributed by atoms with van der Waals surface area (Å²) in [5, 5.41) is 3.06. The molecular weight excluding hydrogens is 210 g/mol. The van der Waals surface area contributed by atoms with Crippen LogP contribution in [0.15, 0.2) is 24.3 Å². The topological polar surface area (TPSA) is 38.3 Å². The Hall–Kier alpha value is -1.16. The van der Waals surface area contributed by atoms with Crippen LogP contribution in [0.25, 0.3) is 0 Å². The van der Waals surface area contributed by atoms with Gasteiger partial charge in [0.15, 0.2) is 0 Å². The third kappa shape index (κ3) is 3.47.